The van der Waals surface area contributed by atoms with Crippen LogP contribution in [0.2, 0.25) is 0 Å². The molecule has 8 heteroatoms. The molecule has 0 saturated carbocycles. The average molecular weight is 412 g/mol. The van der Waals surface area contributed by atoms with Crippen molar-refractivity contribution < 1.29 is 28.5 Å². The predicted molar refractivity (Wildman–Crippen MR) is 112 cm³/mol. The Kier molecular flexibility index (Phi) is 7.94. The van der Waals surface area contributed by atoms with E-state index in [1.54, 1.807) is 30.3 Å². The largest absolute Gasteiger partial charge is 0.493 e. The van der Waals surface area contributed by atoms with Gasteiger partial charge in [-0.1, -0.05) is 0 Å². The summed E-state index contributed by atoms with van der Waals surface area (Å²) in [4.78, 5) is 12.6. The number of benzene rings is 2. The molecule has 2 aromatic rings. The highest BCUT2D eigenvalue weighted by atomic mass is 16.5. The number of amides is 1. The summed E-state index contributed by atoms with van der Waals surface area (Å²) in [5.74, 6) is 1.73. The Hall–Kier alpha value is -3.86. The van der Waals surface area contributed by atoms with Crippen molar-refractivity contribution in [3.8, 4) is 34.8 Å². The lowest BCUT2D eigenvalue weighted by Crippen LogP contribution is -2.13. The Morgan fingerprint density at radius 3 is 2.07 bits per heavy atom. The van der Waals surface area contributed by atoms with Gasteiger partial charge in [-0.05, 0) is 42.8 Å². The Balaban J connectivity index is 2.35. The van der Waals surface area contributed by atoms with Gasteiger partial charge in [0.15, 0.2) is 23.0 Å². The number of hydrogen-bond acceptors (Lipinski definition) is 7. The second-order valence-corrected chi connectivity index (χ2v) is 5.88. The van der Waals surface area contributed by atoms with Crippen molar-refractivity contribution >= 4 is 17.7 Å². The number of methoxy groups -OCH3 is 4. The molecule has 0 saturated heterocycles. The van der Waals surface area contributed by atoms with Gasteiger partial charge in [0.1, 0.15) is 11.6 Å². The SMILES string of the molecule is CCOc1c(OC)cc(/C=C(/C#N)C(=O)Nc2ccc(OC)c(OC)c2)cc1OC. The van der Waals surface area contributed by atoms with Gasteiger partial charge in [0, 0.05) is 11.8 Å². The van der Waals surface area contributed by atoms with Crippen LogP contribution in [0.4, 0.5) is 5.69 Å². The number of anilines is 1. The van der Waals surface area contributed by atoms with Gasteiger partial charge < -0.3 is 29.0 Å². The summed E-state index contributed by atoms with van der Waals surface area (Å²) in [6, 6.07) is 10.2. The van der Waals surface area contributed by atoms with Gasteiger partial charge in [-0.2, -0.15) is 5.26 Å². The van der Waals surface area contributed by atoms with Crippen LogP contribution >= 0.6 is 0 Å². The normalized spacial score (nSPS) is 10.6. The molecule has 2 aromatic carbocycles. The Bertz CT molecular complexity index is 953. The zero-order valence-corrected chi connectivity index (χ0v) is 17.6. The second-order valence-electron chi connectivity index (χ2n) is 5.88. The molecule has 30 heavy (non-hydrogen) atoms. The highest BCUT2D eigenvalue weighted by Crippen LogP contribution is 2.39. The van der Waals surface area contributed by atoms with Crippen LogP contribution in [0.25, 0.3) is 6.08 Å². The summed E-state index contributed by atoms with van der Waals surface area (Å²) in [5, 5.41) is 12.2. The lowest BCUT2D eigenvalue weighted by molar-refractivity contribution is -0.112. The zero-order valence-electron chi connectivity index (χ0n) is 17.6. The number of nitrogens with zero attached hydrogens (tertiary/aromatic N) is 1. The van der Waals surface area contributed by atoms with E-state index >= 15 is 0 Å². The third-order valence-electron chi connectivity index (χ3n) is 4.09. The van der Waals surface area contributed by atoms with Crippen molar-refractivity contribution in [3.05, 3.63) is 41.5 Å². The Morgan fingerprint density at radius 2 is 1.57 bits per heavy atom. The van der Waals surface area contributed by atoms with Crippen LogP contribution in [0.15, 0.2) is 35.9 Å². The minimum absolute atomic E-state index is 0.0990. The number of hydrogen-bond donors (Lipinski definition) is 1. The van der Waals surface area contributed by atoms with Crippen molar-refractivity contribution in [1.82, 2.24) is 0 Å². The minimum Gasteiger partial charge on any atom is -0.493 e. The average Bonchev–Trinajstić information content (AvgIpc) is 2.77. The number of nitriles is 1. The summed E-state index contributed by atoms with van der Waals surface area (Å²) in [6.07, 6.45) is 1.44. The van der Waals surface area contributed by atoms with Crippen LogP contribution in [0.1, 0.15) is 12.5 Å². The molecule has 0 heterocycles. The Labute approximate surface area is 175 Å². The topological polar surface area (TPSA) is 99.0 Å². The Morgan fingerprint density at radius 1 is 0.967 bits per heavy atom. The third-order valence-corrected chi connectivity index (χ3v) is 4.09. The molecule has 0 atom stereocenters. The van der Waals surface area contributed by atoms with Crippen LogP contribution in [0, 0.1) is 11.3 Å². The number of rotatable bonds is 9. The van der Waals surface area contributed by atoms with E-state index in [0.29, 0.717) is 46.6 Å². The summed E-state index contributed by atoms with van der Waals surface area (Å²) < 4.78 is 26.7. The quantitative estimate of drug-likeness (QED) is 0.496. The van der Waals surface area contributed by atoms with Crippen molar-refractivity contribution in [2.45, 2.75) is 6.92 Å². The predicted octanol–water partition coefficient (Wildman–Crippen LogP) is 3.67. The summed E-state index contributed by atoms with van der Waals surface area (Å²) in [5.41, 5.74) is 0.907. The maximum absolute atomic E-state index is 12.6. The van der Waals surface area contributed by atoms with E-state index in [1.807, 2.05) is 13.0 Å². The van der Waals surface area contributed by atoms with Gasteiger partial charge in [0.25, 0.3) is 5.91 Å². The standard InChI is InChI=1S/C22H24N2O6/c1-6-30-21-19(28-4)10-14(11-20(21)29-5)9-15(13-23)22(25)24-16-7-8-17(26-2)18(12-16)27-3/h7-12H,6H2,1-5H3,(H,24,25)/b15-9-. The van der Waals surface area contributed by atoms with Gasteiger partial charge in [0.2, 0.25) is 5.75 Å². The first-order valence-electron chi connectivity index (χ1n) is 9.05. The van der Waals surface area contributed by atoms with Gasteiger partial charge >= 0.3 is 0 Å². The first-order valence-corrected chi connectivity index (χ1v) is 9.05. The van der Waals surface area contributed by atoms with E-state index < -0.39 is 5.91 Å². The lowest BCUT2D eigenvalue weighted by atomic mass is 10.1. The molecular formula is C22H24N2O6. The van der Waals surface area contributed by atoms with Crippen LogP contribution in [0.3, 0.4) is 0 Å². The van der Waals surface area contributed by atoms with E-state index in [2.05, 4.69) is 5.32 Å². The van der Waals surface area contributed by atoms with Gasteiger partial charge in [-0.3, -0.25) is 4.79 Å². The fourth-order valence-electron chi connectivity index (χ4n) is 2.70. The molecular weight excluding hydrogens is 388 g/mol. The number of nitrogens with one attached hydrogen (secondary N) is 1. The van der Waals surface area contributed by atoms with Gasteiger partial charge in [0.05, 0.1) is 35.0 Å². The lowest BCUT2D eigenvalue weighted by Gasteiger charge is -2.14. The monoisotopic (exact) mass is 412 g/mol. The summed E-state index contributed by atoms with van der Waals surface area (Å²) in [7, 11) is 6.02. The zero-order chi connectivity index (χ0) is 22.1. The molecule has 0 fully saturated rings. The molecule has 0 unspecified atom stereocenters. The molecule has 0 aliphatic carbocycles. The van der Waals surface area contributed by atoms with E-state index in [4.69, 9.17) is 23.7 Å². The fourth-order valence-corrected chi connectivity index (χ4v) is 2.70. The van der Waals surface area contributed by atoms with Gasteiger partial charge in [-0.15, -0.1) is 0 Å². The summed E-state index contributed by atoms with van der Waals surface area (Å²) in [6.45, 7) is 2.28. The smallest absolute Gasteiger partial charge is 0.266 e. The molecule has 2 rings (SSSR count). The van der Waals surface area contributed by atoms with Crippen molar-refractivity contribution in [2.75, 3.05) is 40.4 Å². The second kappa shape index (κ2) is 10.6. The number of carbonyl (C=O) groups excluding carboxylic acids is 1. The van der Waals surface area contributed by atoms with E-state index in [9.17, 15) is 10.1 Å². The maximum Gasteiger partial charge on any atom is 0.266 e. The number of carbonyl (C=O) groups is 1. The van der Waals surface area contributed by atoms with E-state index in [1.165, 1.54) is 34.5 Å². The molecule has 0 aliphatic rings. The first-order chi connectivity index (χ1) is 14.5. The molecule has 0 bridgehead atoms. The van der Waals surface area contributed by atoms with Crippen molar-refractivity contribution in [3.63, 3.8) is 0 Å². The van der Waals surface area contributed by atoms with Crippen molar-refractivity contribution in [1.29, 1.82) is 5.26 Å². The first kappa shape index (κ1) is 22.4. The van der Waals surface area contributed by atoms with Crippen LogP contribution in [0.5, 0.6) is 28.7 Å². The van der Waals surface area contributed by atoms with Crippen LogP contribution in [-0.2, 0) is 4.79 Å². The maximum atomic E-state index is 12.6. The summed E-state index contributed by atoms with van der Waals surface area (Å²) >= 11 is 0. The van der Waals surface area contributed by atoms with E-state index in [-0.39, 0.29) is 5.57 Å². The molecule has 1 N–H and O–H groups in total. The molecule has 158 valence electrons. The molecule has 8 nitrogen and oxygen atoms in total. The van der Waals surface area contributed by atoms with E-state index in [0.717, 1.165) is 0 Å². The molecule has 1 amide bonds. The number of ether oxygens (including phenoxy) is 5. The van der Waals surface area contributed by atoms with Crippen LogP contribution in [-0.4, -0.2) is 41.0 Å². The van der Waals surface area contributed by atoms with Crippen LogP contribution < -0.4 is 29.0 Å². The molecule has 0 spiro atoms. The van der Waals surface area contributed by atoms with Gasteiger partial charge in [-0.25, -0.2) is 0 Å². The minimum atomic E-state index is -0.573. The third kappa shape index (κ3) is 5.14. The molecule has 0 aliphatic heterocycles. The van der Waals surface area contributed by atoms with Crippen molar-refractivity contribution in [2.24, 2.45) is 0 Å². The highest BCUT2D eigenvalue weighted by Gasteiger charge is 2.16. The molecule has 0 radical (unpaired) electrons. The highest BCUT2D eigenvalue weighted by molar-refractivity contribution is 6.09. The molecule has 0 aromatic heterocycles. The fraction of sp³-hybridized carbons (Fsp3) is 0.273.